The molecule has 1 aliphatic rings. The molecule has 0 bridgehead atoms. The van der Waals surface area contributed by atoms with Crippen LogP contribution in [-0.2, 0) is 0 Å². The fourth-order valence-corrected chi connectivity index (χ4v) is 2.96. The molecule has 0 amide bonds. The van der Waals surface area contributed by atoms with Gasteiger partial charge < -0.3 is 25.5 Å². The van der Waals surface area contributed by atoms with E-state index in [0.717, 1.165) is 11.4 Å². The van der Waals surface area contributed by atoms with E-state index in [1.807, 2.05) is 30.6 Å². The first kappa shape index (κ1) is 17.9. The molecule has 1 aliphatic heterocycles. The minimum atomic E-state index is -0.329. The number of hydrogen-bond acceptors (Lipinski definition) is 6. The van der Waals surface area contributed by atoms with E-state index in [2.05, 4.69) is 15.3 Å². The number of rotatable bonds is 5. The minimum Gasteiger partial charge on any atom is -0.454 e. The highest BCUT2D eigenvalue weighted by atomic mass is 19.1. The number of nitrogens with one attached hydrogen (secondary N) is 2. The molecule has 0 unspecified atom stereocenters. The van der Waals surface area contributed by atoms with Gasteiger partial charge in [0.1, 0.15) is 5.82 Å². The van der Waals surface area contributed by atoms with Crippen LogP contribution < -0.4 is 20.1 Å². The van der Waals surface area contributed by atoms with Gasteiger partial charge in [-0.2, -0.15) is 0 Å². The van der Waals surface area contributed by atoms with Gasteiger partial charge in [0.15, 0.2) is 34.5 Å². The first-order valence-electron chi connectivity index (χ1n) is 8.74. The lowest BCUT2D eigenvalue weighted by atomic mass is 10.1. The van der Waals surface area contributed by atoms with Crippen molar-refractivity contribution in [3.8, 4) is 22.9 Å². The van der Waals surface area contributed by atoms with Crippen molar-refractivity contribution in [2.24, 2.45) is 0 Å². The third-order valence-corrected chi connectivity index (χ3v) is 4.33. The van der Waals surface area contributed by atoms with Crippen LogP contribution in [0, 0.1) is 11.2 Å². The summed E-state index contributed by atoms with van der Waals surface area (Å²) in [7, 11) is 1.87. The van der Waals surface area contributed by atoms with Crippen LogP contribution in [0.2, 0.25) is 0 Å². The van der Waals surface area contributed by atoms with Gasteiger partial charge in [0.05, 0.1) is 12.8 Å². The lowest BCUT2D eigenvalue weighted by Gasteiger charge is -2.13. The smallest absolute Gasteiger partial charge is 0.231 e. The van der Waals surface area contributed by atoms with Gasteiger partial charge >= 0.3 is 0 Å². The van der Waals surface area contributed by atoms with Gasteiger partial charge in [-0.3, -0.25) is 0 Å². The second kappa shape index (κ2) is 7.24. The first-order chi connectivity index (χ1) is 13.5. The number of halogens is 1. The van der Waals surface area contributed by atoms with Gasteiger partial charge in [0.2, 0.25) is 6.79 Å². The molecule has 1 aromatic heterocycles. The Bertz CT molecular complexity index is 1050. The van der Waals surface area contributed by atoms with Gasteiger partial charge in [-0.15, -0.1) is 0 Å². The van der Waals surface area contributed by atoms with E-state index in [-0.39, 0.29) is 12.6 Å². The van der Waals surface area contributed by atoms with Crippen molar-refractivity contribution in [3.05, 3.63) is 54.0 Å². The second-order valence-electron chi connectivity index (χ2n) is 6.27. The third-order valence-electron chi connectivity index (χ3n) is 4.33. The summed E-state index contributed by atoms with van der Waals surface area (Å²) in [4.78, 5) is 9.16. The quantitative estimate of drug-likeness (QED) is 0.592. The second-order valence-corrected chi connectivity index (χ2v) is 6.27. The summed E-state index contributed by atoms with van der Waals surface area (Å²) in [5.74, 6) is 1.99. The Morgan fingerprint density at radius 3 is 2.57 bits per heavy atom. The maximum atomic E-state index is 13.3. The zero-order chi connectivity index (χ0) is 19.7. The fraction of sp³-hybridized carbons (Fsp3) is 0.150. The molecule has 28 heavy (non-hydrogen) atoms. The van der Waals surface area contributed by atoms with Crippen molar-refractivity contribution in [3.63, 3.8) is 0 Å². The Balaban J connectivity index is 1.80. The molecule has 0 spiro atoms. The van der Waals surface area contributed by atoms with Crippen LogP contribution in [0.25, 0.3) is 11.4 Å². The van der Waals surface area contributed by atoms with Crippen molar-refractivity contribution >= 4 is 22.9 Å². The van der Waals surface area contributed by atoms with Crippen molar-refractivity contribution in [2.45, 2.75) is 6.92 Å². The molecule has 7 nitrogen and oxygen atoms in total. The molecule has 0 saturated heterocycles. The SMILES string of the molecule is C[NH2+]c1c(Nc2ccc3c(c2)OCO3)nc(-c2ccc(F)cc2)nc1C(C)=N. The van der Waals surface area contributed by atoms with Crippen LogP contribution in [0.1, 0.15) is 12.6 Å². The highest BCUT2D eigenvalue weighted by Crippen LogP contribution is 2.36. The molecule has 2 heterocycles. The largest absolute Gasteiger partial charge is 0.454 e. The van der Waals surface area contributed by atoms with Crippen molar-refractivity contribution in [2.75, 3.05) is 19.2 Å². The van der Waals surface area contributed by atoms with Gasteiger partial charge in [0.25, 0.3) is 0 Å². The molecule has 8 heteroatoms. The number of nitrogens with zero attached hydrogens (tertiary/aromatic N) is 2. The molecule has 2 aromatic carbocycles. The lowest BCUT2D eigenvalue weighted by molar-refractivity contribution is -0.539. The lowest BCUT2D eigenvalue weighted by Crippen LogP contribution is -2.73. The number of quaternary nitrogens is 1. The number of nitrogens with two attached hydrogens (primary N) is 1. The van der Waals surface area contributed by atoms with Gasteiger partial charge in [-0.25, -0.2) is 14.4 Å². The average molecular weight is 380 g/mol. The van der Waals surface area contributed by atoms with Gasteiger partial charge in [-0.1, -0.05) is 0 Å². The Labute approximate surface area is 161 Å². The summed E-state index contributed by atoms with van der Waals surface area (Å²) >= 11 is 0. The van der Waals surface area contributed by atoms with Crippen molar-refractivity contribution < 1.29 is 19.2 Å². The summed E-state index contributed by atoms with van der Waals surface area (Å²) < 4.78 is 24.1. The number of fused-ring (bicyclic) bond motifs is 1. The standard InChI is InChI=1S/C20H18FN5O2/c1-11(22)17-18(23-2)20(24-14-7-8-15-16(9-14)28-10-27-15)26-19(25-17)12-3-5-13(21)6-4-12/h3-9,22-23H,10H2,1-2H3,(H,24,25,26)/p+1. The topological polar surface area (TPSA) is 96.7 Å². The molecule has 142 valence electrons. The van der Waals surface area contributed by atoms with E-state index >= 15 is 0 Å². The molecular weight excluding hydrogens is 361 g/mol. The van der Waals surface area contributed by atoms with Crippen LogP contribution >= 0.6 is 0 Å². The molecule has 0 atom stereocenters. The molecule has 0 saturated carbocycles. The van der Waals surface area contributed by atoms with Crippen molar-refractivity contribution in [1.82, 2.24) is 9.97 Å². The van der Waals surface area contributed by atoms with Crippen LogP contribution in [0.3, 0.4) is 0 Å². The molecule has 0 fully saturated rings. The van der Waals surface area contributed by atoms with E-state index in [9.17, 15) is 4.39 Å². The van der Waals surface area contributed by atoms with E-state index in [1.165, 1.54) is 12.1 Å². The Morgan fingerprint density at radius 2 is 1.86 bits per heavy atom. The summed E-state index contributed by atoms with van der Waals surface area (Å²) in [5, 5.41) is 13.3. The normalized spacial score (nSPS) is 12.1. The maximum Gasteiger partial charge on any atom is 0.231 e. The van der Waals surface area contributed by atoms with Gasteiger partial charge in [0, 0.05) is 17.3 Å². The predicted molar refractivity (Wildman–Crippen MR) is 103 cm³/mol. The predicted octanol–water partition coefficient (Wildman–Crippen LogP) is 2.97. The van der Waals surface area contributed by atoms with Crippen LogP contribution in [0.15, 0.2) is 42.5 Å². The van der Waals surface area contributed by atoms with Crippen LogP contribution in [0.5, 0.6) is 11.5 Å². The number of aromatic nitrogens is 2. The molecular formula is C20H19FN5O2+. The summed E-state index contributed by atoms with van der Waals surface area (Å²) in [6.45, 7) is 1.88. The highest BCUT2D eigenvalue weighted by Gasteiger charge is 2.21. The Kier molecular flexibility index (Phi) is 4.62. The summed E-state index contributed by atoms with van der Waals surface area (Å²) in [6.07, 6.45) is 0. The maximum absolute atomic E-state index is 13.3. The monoisotopic (exact) mass is 380 g/mol. The summed E-state index contributed by atoms with van der Waals surface area (Å²) in [6, 6.07) is 11.5. The van der Waals surface area contributed by atoms with E-state index in [4.69, 9.17) is 14.9 Å². The van der Waals surface area contributed by atoms with Crippen LogP contribution in [0.4, 0.5) is 21.6 Å². The molecule has 3 aromatic rings. The number of anilines is 2. The van der Waals surface area contributed by atoms with E-state index in [0.29, 0.717) is 40.1 Å². The van der Waals surface area contributed by atoms with Crippen molar-refractivity contribution in [1.29, 1.82) is 5.41 Å². The molecule has 4 N–H and O–H groups in total. The van der Waals surface area contributed by atoms with Crippen LogP contribution in [-0.4, -0.2) is 29.5 Å². The fourth-order valence-electron chi connectivity index (χ4n) is 2.96. The molecule has 0 radical (unpaired) electrons. The first-order valence-corrected chi connectivity index (χ1v) is 8.74. The van der Waals surface area contributed by atoms with E-state index in [1.54, 1.807) is 19.1 Å². The number of hydrogen-bond donors (Lipinski definition) is 3. The summed E-state index contributed by atoms with van der Waals surface area (Å²) in [5.41, 5.74) is 2.98. The third kappa shape index (κ3) is 3.37. The van der Waals surface area contributed by atoms with Gasteiger partial charge in [-0.05, 0) is 43.3 Å². The Morgan fingerprint density at radius 1 is 1.11 bits per heavy atom. The minimum absolute atomic E-state index is 0.201. The Hall–Kier alpha value is -3.52. The molecule has 0 aliphatic carbocycles. The highest BCUT2D eigenvalue weighted by molar-refractivity contribution is 6.00. The average Bonchev–Trinajstić information content (AvgIpc) is 3.15. The molecule has 4 rings (SSSR count). The van der Waals surface area contributed by atoms with E-state index < -0.39 is 0 Å². The number of ether oxygens (including phenoxy) is 2. The number of benzene rings is 2. The zero-order valence-electron chi connectivity index (χ0n) is 15.4. The zero-order valence-corrected chi connectivity index (χ0v) is 15.4.